The number of pyridine rings is 1. The minimum atomic E-state index is -0.0806. The number of hydrogen-bond donors (Lipinski definition) is 0. The van der Waals surface area contributed by atoms with Crippen molar-refractivity contribution in [1.29, 1.82) is 0 Å². The summed E-state index contributed by atoms with van der Waals surface area (Å²) < 4.78 is 0.892. The Morgan fingerprint density at radius 3 is 2.40 bits per heavy atom. The Balaban J connectivity index is 1.75. The number of fused-ring (bicyclic) bond motifs is 1. The SMILES string of the molecule is CCC1CC2C(=O)N(Cc3ccc(Br)cn3)C(=O)C2C1. The number of carbonyl (C=O) groups excluding carboxylic acids is 2. The third-order valence-electron chi connectivity index (χ3n) is 4.51. The van der Waals surface area contributed by atoms with Crippen molar-refractivity contribution in [3.05, 3.63) is 28.5 Å². The molecule has 0 bridgehead atoms. The second kappa shape index (κ2) is 5.28. The summed E-state index contributed by atoms with van der Waals surface area (Å²) >= 11 is 3.33. The molecule has 0 radical (unpaired) electrons. The molecule has 2 atom stereocenters. The lowest BCUT2D eigenvalue weighted by molar-refractivity contribution is -0.141. The summed E-state index contributed by atoms with van der Waals surface area (Å²) in [6.07, 6.45) is 4.49. The van der Waals surface area contributed by atoms with Crippen molar-refractivity contribution in [2.45, 2.75) is 32.7 Å². The van der Waals surface area contributed by atoms with E-state index < -0.39 is 0 Å². The van der Waals surface area contributed by atoms with E-state index in [1.54, 1.807) is 6.20 Å². The van der Waals surface area contributed by atoms with Gasteiger partial charge in [-0.3, -0.25) is 19.5 Å². The van der Waals surface area contributed by atoms with Crippen LogP contribution in [0, 0.1) is 17.8 Å². The molecule has 2 unspecified atom stereocenters. The lowest BCUT2D eigenvalue weighted by Gasteiger charge is -2.17. The molecule has 1 aliphatic carbocycles. The van der Waals surface area contributed by atoms with Gasteiger partial charge in [-0.1, -0.05) is 13.3 Å². The van der Waals surface area contributed by atoms with Gasteiger partial charge in [0.15, 0.2) is 0 Å². The highest BCUT2D eigenvalue weighted by atomic mass is 79.9. The van der Waals surface area contributed by atoms with Gasteiger partial charge in [0.1, 0.15) is 0 Å². The highest BCUT2D eigenvalue weighted by Crippen LogP contribution is 2.44. The van der Waals surface area contributed by atoms with Crippen LogP contribution in [0.25, 0.3) is 0 Å². The quantitative estimate of drug-likeness (QED) is 0.797. The van der Waals surface area contributed by atoms with Gasteiger partial charge in [0.05, 0.1) is 24.1 Å². The summed E-state index contributed by atoms with van der Waals surface area (Å²) in [4.78, 5) is 30.4. The Hall–Kier alpha value is -1.23. The van der Waals surface area contributed by atoms with Crippen LogP contribution in [0.5, 0.6) is 0 Å². The van der Waals surface area contributed by atoms with Crippen molar-refractivity contribution in [1.82, 2.24) is 9.88 Å². The first-order valence-electron chi connectivity index (χ1n) is 7.05. The number of aromatic nitrogens is 1. The van der Waals surface area contributed by atoms with E-state index in [-0.39, 0.29) is 23.7 Å². The molecule has 1 aromatic heterocycles. The van der Waals surface area contributed by atoms with E-state index in [4.69, 9.17) is 0 Å². The Morgan fingerprint density at radius 2 is 1.90 bits per heavy atom. The smallest absolute Gasteiger partial charge is 0.233 e. The van der Waals surface area contributed by atoms with Crippen LogP contribution in [0.15, 0.2) is 22.8 Å². The average molecular weight is 337 g/mol. The molecule has 2 aliphatic rings. The fourth-order valence-corrected chi connectivity index (χ4v) is 3.58. The van der Waals surface area contributed by atoms with Crippen molar-refractivity contribution in [3.8, 4) is 0 Å². The van der Waals surface area contributed by atoms with Crippen LogP contribution in [0.1, 0.15) is 31.9 Å². The first-order valence-corrected chi connectivity index (χ1v) is 7.85. The van der Waals surface area contributed by atoms with E-state index >= 15 is 0 Å². The zero-order chi connectivity index (χ0) is 14.3. The Bertz CT molecular complexity index is 519. The second-order valence-electron chi connectivity index (χ2n) is 5.69. The van der Waals surface area contributed by atoms with Crippen LogP contribution in [0.4, 0.5) is 0 Å². The van der Waals surface area contributed by atoms with Crippen LogP contribution >= 0.6 is 15.9 Å². The number of rotatable bonds is 3. The highest BCUT2D eigenvalue weighted by molar-refractivity contribution is 9.10. The number of carbonyl (C=O) groups is 2. The predicted octanol–water partition coefficient (Wildman–Crippen LogP) is 2.77. The van der Waals surface area contributed by atoms with Crippen molar-refractivity contribution in [2.24, 2.45) is 17.8 Å². The molecule has 0 spiro atoms. The van der Waals surface area contributed by atoms with Crippen molar-refractivity contribution in [2.75, 3.05) is 0 Å². The minimum Gasteiger partial charge on any atom is -0.276 e. The van der Waals surface area contributed by atoms with Gasteiger partial charge in [-0.05, 0) is 46.8 Å². The molecule has 0 N–H and O–H groups in total. The van der Waals surface area contributed by atoms with E-state index in [0.717, 1.165) is 29.4 Å². The summed E-state index contributed by atoms with van der Waals surface area (Å²) in [5.74, 6) is 0.373. The number of likely N-dealkylation sites (tertiary alicyclic amines) is 1. The molecule has 1 aromatic rings. The number of amides is 2. The van der Waals surface area contributed by atoms with Gasteiger partial charge in [0, 0.05) is 10.7 Å². The minimum absolute atomic E-state index is 0.000619. The Morgan fingerprint density at radius 1 is 1.25 bits per heavy atom. The molecule has 5 heteroatoms. The topological polar surface area (TPSA) is 50.3 Å². The normalized spacial score (nSPS) is 29.1. The van der Waals surface area contributed by atoms with Crippen LogP contribution in [-0.4, -0.2) is 21.7 Å². The van der Waals surface area contributed by atoms with Gasteiger partial charge in [0.25, 0.3) is 0 Å². The summed E-state index contributed by atoms with van der Waals surface area (Å²) in [7, 11) is 0. The first-order chi connectivity index (χ1) is 9.60. The monoisotopic (exact) mass is 336 g/mol. The largest absolute Gasteiger partial charge is 0.276 e. The fraction of sp³-hybridized carbons (Fsp3) is 0.533. The third kappa shape index (κ3) is 2.28. The summed E-state index contributed by atoms with van der Waals surface area (Å²) in [5, 5.41) is 0. The molecule has 3 rings (SSSR count). The van der Waals surface area contributed by atoms with Crippen molar-refractivity contribution < 1.29 is 9.59 Å². The molecule has 4 nitrogen and oxygen atoms in total. The summed E-state index contributed by atoms with van der Waals surface area (Å²) in [6, 6.07) is 3.72. The van der Waals surface area contributed by atoms with E-state index in [2.05, 4.69) is 27.8 Å². The standard InChI is InChI=1S/C15H17BrN2O2/c1-2-9-5-12-13(6-9)15(20)18(14(12)19)8-11-4-3-10(16)7-17-11/h3-4,7,9,12-13H,2,5-6,8H2,1H3. The van der Waals surface area contributed by atoms with Gasteiger partial charge < -0.3 is 0 Å². The van der Waals surface area contributed by atoms with Crippen molar-refractivity contribution >= 4 is 27.7 Å². The maximum Gasteiger partial charge on any atom is 0.233 e. The van der Waals surface area contributed by atoms with Gasteiger partial charge in [-0.15, -0.1) is 0 Å². The van der Waals surface area contributed by atoms with E-state index in [9.17, 15) is 9.59 Å². The Kier molecular flexibility index (Phi) is 3.63. The summed E-state index contributed by atoms with van der Waals surface area (Å²) in [5.41, 5.74) is 0.752. The molecule has 1 saturated carbocycles. The number of nitrogens with zero attached hydrogens (tertiary/aromatic N) is 2. The molecule has 0 aromatic carbocycles. The molecular formula is C15H17BrN2O2. The van der Waals surface area contributed by atoms with Crippen LogP contribution < -0.4 is 0 Å². The molecule has 2 amide bonds. The molecule has 2 heterocycles. The molecule has 1 saturated heterocycles. The first kappa shape index (κ1) is 13.7. The average Bonchev–Trinajstić information content (AvgIpc) is 2.97. The molecule has 20 heavy (non-hydrogen) atoms. The molecular weight excluding hydrogens is 320 g/mol. The van der Waals surface area contributed by atoms with Gasteiger partial charge >= 0.3 is 0 Å². The van der Waals surface area contributed by atoms with Crippen molar-refractivity contribution in [3.63, 3.8) is 0 Å². The van der Waals surface area contributed by atoms with Gasteiger partial charge in [-0.2, -0.15) is 0 Å². The Labute approximate surface area is 126 Å². The second-order valence-corrected chi connectivity index (χ2v) is 6.60. The van der Waals surface area contributed by atoms with Gasteiger partial charge in [-0.25, -0.2) is 0 Å². The zero-order valence-corrected chi connectivity index (χ0v) is 13.0. The van der Waals surface area contributed by atoms with Crippen LogP contribution in [-0.2, 0) is 16.1 Å². The lowest BCUT2D eigenvalue weighted by atomic mass is 10.00. The lowest BCUT2D eigenvalue weighted by Crippen LogP contribution is -2.32. The molecule has 2 fully saturated rings. The molecule has 1 aliphatic heterocycles. The summed E-state index contributed by atoms with van der Waals surface area (Å²) in [6.45, 7) is 2.43. The highest BCUT2D eigenvalue weighted by Gasteiger charge is 2.52. The number of hydrogen-bond acceptors (Lipinski definition) is 3. The third-order valence-corrected chi connectivity index (χ3v) is 4.98. The van der Waals surface area contributed by atoms with Gasteiger partial charge in [0.2, 0.25) is 11.8 Å². The predicted molar refractivity (Wildman–Crippen MR) is 77.5 cm³/mol. The van der Waals surface area contributed by atoms with E-state index in [1.807, 2.05) is 12.1 Å². The maximum atomic E-state index is 12.4. The van der Waals surface area contributed by atoms with Crippen LogP contribution in [0.2, 0.25) is 0 Å². The fourth-order valence-electron chi connectivity index (χ4n) is 3.35. The van der Waals surface area contributed by atoms with Crippen LogP contribution in [0.3, 0.4) is 0 Å². The zero-order valence-electron chi connectivity index (χ0n) is 11.4. The maximum absolute atomic E-state index is 12.4. The number of halogens is 1. The van der Waals surface area contributed by atoms with E-state index in [1.165, 1.54) is 4.90 Å². The molecule has 106 valence electrons. The number of imide groups is 1. The van der Waals surface area contributed by atoms with E-state index in [0.29, 0.717) is 12.5 Å².